The van der Waals surface area contributed by atoms with Crippen LogP contribution in [0.2, 0.25) is 0 Å². The van der Waals surface area contributed by atoms with Gasteiger partial charge in [-0.2, -0.15) is 0 Å². The van der Waals surface area contributed by atoms with Gasteiger partial charge < -0.3 is 15.1 Å². The normalized spacial score (nSPS) is 10.6. The minimum atomic E-state index is -0.291. The number of anilines is 2. The fourth-order valence-corrected chi connectivity index (χ4v) is 2.98. The molecule has 0 saturated heterocycles. The van der Waals surface area contributed by atoms with Gasteiger partial charge in [0.05, 0.1) is 0 Å². The van der Waals surface area contributed by atoms with Crippen LogP contribution in [0, 0.1) is 13.8 Å². The summed E-state index contributed by atoms with van der Waals surface area (Å²) in [4.78, 5) is 16.7. The van der Waals surface area contributed by atoms with Crippen molar-refractivity contribution >= 4 is 17.4 Å². The molecule has 5 nitrogen and oxygen atoms in total. The Morgan fingerprint density at radius 1 is 0.793 bits per heavy atom. The van der Waals surface area contributed by atoms with Crippen molar-refractivity contribution in [1.82, 2.24) is 4.98 Å². The van der Waals surface area contributed by atoms with E-state index in [1.165, 1.54) is 5.56 Å². The van der Waals surface area contributed by atoms with E-state index in [1.54, 1.807) is 6.26 Å². The summed E-state index contributed by atoms with van der Waals surface area (Å²) < 4.78 is 5.64. The molecule has 0 fully saturated rings. The van der Waals surface area contributed by atoms with Gasteiger partial charge in [0.15, 0.2) is 0 Å². The number of oxazole rings is 1. The second-order valence-corrected chi connectivity index (χ2v) is 6.93. The molecule has 0 radical (unpaired) electrons. The van der Waals surface area contributed by atoms with Crippen LogP contribution in [-0.4, -0.2) is 11.0 Å². The maximum Gasteiger partial charge on any atom is 0.323 e. The predicted octanol–water partition coefficient (Wildman–Crippen LogP) is 6.27. The van der Waals surface area contributed by atoms with Crippen molar-refractivity contribution in [1.29, 1.82) is 0 Å². The molecule has 29 heavy (non-hydrogen) atoms. The SMILES string of the molecule is Cc1ccc(-c2coc(-c3ccc(NC(=O)Nc4cccc(C)c4)cc3)n2)cc1. The highest BCUT2D eigenvalue weighted by molar-refractivity contribution is 5.99. The van der Waals surface area contributed by atoms with Gasteiger partial charge in [0.2, 0.25) is 5.89 Å². The summed E-state index contributed by atoms with van der Waals surface area (Å²) in [6, 6.07) is 22.9. The highest BCUT2D eigenvalue weighted by Gasteiger charge is 2.09. The van der Waals surface area contributed by atoms with Gasteiger partial charge in [0, 0.05) is 22.5 Å². The van der Waals surface area contributed by atoms with Crippen LogP contribution in [0.25, 0.3) is 22.7 Å². The molecule has 3 aromatic carbocycles. The largest absolute Gasteiger partial charge is 0.444 e. The summed E-state index contributed by atoms with van der Waals surface area (Å²) in [7, 11) is 0. The molecule has 0 atom stereocenters. The number of nitrogens with one attached hydrogen (secondary N) is 2. The lowest BCUT2D eigenvalue weighted by atomic mass is 10.1. The quantitative estimate of drug-likeness (QED) is 0.436. The number of aryl methyl sites for hydroxylation is 2. The first kappa shape index (κ1) is 18.5. The van der Waals surface area contributed by atoms with Crippen LogP contribution in [0.1, 0.15) is 11.1 Å². The molecule has 4 rings (SSSR count). The number of amides is 2. The van der Waals surface area contributed by atoms with Gasteiger partial charge >= 0.3 is 6.03 Å². The second kappa shape index (κ2) is 8.02. The number of aromatic nitrogens is 1. The first-order chi connectivity index (χ1) is 14.1. The third-order valence-corrected chi connectivity index (χ3v) is 4.52. The Morgan fingerprint density at radius 2 is 1.48 bits per heavy atom. The lowest BCUT2D eigenvalue weighted by Gasteiger charge is -2.08. The van der Waals surface area contributed by atoms with Crippen molar-refractivity contribution in [3.05, 3.63) is 90.2 Å². The fraction of sp³-hybridized carbons (Fsp3) is 0.0833. The van der Waals surface area contributed by atoms with Gasteiger partial charge in [0.1, 0.15) is 12.0 Å². The average Bonchev–Trinajstić information content (AvgIpc) is 3.19. The molecule has 4 aromatic rings. The van der Waals surface area contributed by atoms with Crippen LogP contribution in [0.5, 0.6) is 0 Å². The van der Waals surface area contributed by atoms with E-state index in [-0.39, 0.29) is 6.03 Å². The van der Waals surface area contributed by atoms with E-state index in [9.17, 15) is 4.79 Å². The zero-order valence-corrected chi connectivity index (χ0v) is 16.3. The average molecular weight is 383 g/mol. The molecule has 0 aliphatic heterocycles. The van der Waals surface area contributed by atoms with Crippen LogP contribution in [-0.2, 0) is 0 Å². The van der Waals surface area contributed by atoms with Crippen LogP contribution in [0.4, 0.5) is 16.2 Å². The highest BCUT2D eigenvalue weighted by Crippen LogP contribution is 2.26. The molecular weight excluding hydrogens is 362 g/mol. The van der Waals surface area contributed by atoms with Crippen molar-refractivity contribution in [2.45, 2.75) is 13.8 Å². The van der Waals surface area contributed by atoms with Gasteiger partial charge in [0.25, 0.3) is 0 Å². The van der Waals surface area contributed by atoms with E-state index < -0.39 is 0 Å². The van der Waals surface area contributed by atoms with E-state index in [4.69, 9.17) is 4.42 Å². The fourth-order valence-electron chi connectivity index (χ4n) is 2.98. The molecule has 144 valence electrons. The minimum absolute atomic E-state index is 0.291. The number of benzene rings is 3. The van der Waals surface area contributed by atoms with Gasteiger partial charge in [-0.1, -0.05) is 42.0 Å². The highest BCUT2D eigenvalue weighted by atomic mass is 16.3. The summed E-state index contributed by atoms with van der Waals surface area (Å²) in [5.41, 5.74) is 6.37. The van der Waals surface area contributed by atoms with Crippen molar-refractivity contribution in [2.75, 3.05) is 10.6 Å². The number of hydrogen-bond donors (Lipinski definition) is 2. The monoisotopic (exact) mass is 383 g/mol. The van der Waals surface area contributed by atoms with E-state index in [2.05, 4.69) is 22.5 Å². The molecule has 0 aliphatic rings. The number of carbonyl (C=O) groups excluding carboxylic acids is 1. The van der Waals surface area contributed by atoms with Crippen molar-refractivity contribution < 1.29 is 9.21 Å². The predicted molar refractivity (Wildman–Crippen MR) is 116 cm³/mol. The zero-order chi connectivity index (χ0) is 20.2. The molecule has 5 heteroatoms. The molecule has 0 bridgehead atoms. The van der Waals surface area contributed by atoms with Crippen LogP contribution < -0.4 is 10.6 Å². The lowest BCUT2D eigenvalue weighted by Crippen LogP contribution is -2.19. The Bertz CT molecular complexity index is 1130. The summed E-state index contributed by atoms with van der Waals surface area (Å²) in [5, 5.41) is 5.65. The minimum Gasteiger partial charge on any atom is -0.444 e. The third kappa shape index (κ3) is 4.52. The van der Waals surface area contributed by atoms with E-state index in [1.807, 2.05) is 79.7 Å². The molecule has 0 saturated carbocycles. The topological polar surface area (TPSA) is 67.2 Å². The Balaban J connectivity index is 1.43. The first-order valence-corrected chi connectivity index (χ1v) is 9.34. The van der Waals surface area contributed by atoms with E-state index >= 15 is 0 Å². The number of carbonyl (C=O) groups is 1. The first-order valence-electron chi connectivity index (χ1n) is 9.34. The molecular formula is C24H21N3O2. The molecule has 1 heterocycles. The standard InChI is InChI=1S/C24H21N3O2/c1-16-6-8-18(9-7-16)22-15-29-23(27-22)19-10-12-20(13-11-19)25-24(28)26-21-5-3-4-17(2)14-21/h3-15H,1-2H3,(H2,25,26,28). The van der Waals surface area contributed by atoms with Gasteiger partial charge in [-0.05, 0) is 55.8 Å². The smallest absolute Gasteiger partial charge is 0.323 e. The van der Waals surface area contributed by atoms with Crippen LogP contribution >= 0.6 is 0 Å². The Hall–Kier alpha value is -3.86. The summed E-state index contributed by atoms with van der Waals surface area (Å²) in [5.74, 6) is 0.538. The summed E-state index contributed by atoms with van der Waals surface area (Å²) >= 11 is 0. The second-order valence-electron chi connectivity index (χ2n) is 6.93. The van der Waals surface area contributed by atoms with Gasteiger partial charge in [-0.15, -0.1) is 0 Å². The molecule has 2 N–H and O–H groups in total. The number of urea groups is 1. The Morgan fingerprint density at radius 3 is 2.21 bits per heavy atom. The van der Waals surface area contributed by atoms with Gasteiger partial charge in [-0.25, -0.2) is 9.78 Å². The third-order valence-electron chi connectivity index (χ3n) is 4.52. The number of nitrogens with zero attached hydrogens (tertiary/aromatic N) is 1. The van der Waals surface area contributed by atoms with Crippen LogP contribution in [0.15, 0.2) is 83.5 Å². The molecule has 0 aliphatic carbocycles. The van der Waals surface area contributed by atoms with Crippen molar-refractivity contribution in [3.8, 4) is 22.7 Å². The summed E-state index contributed by atoms with van der Waals surface area (Å²) in [6.45, 7) is 4.03. The molecule has 0 unspecified atom stereocenters. The van der Waals surface area contributed by atoms with E-state index in [0.717, 1.165) is 28.1 Å². The van der Waals surface area contributed by atoms with E-state index in [0.29, 0.717) is 11.6 Å². The van der Waals surface area contributed by atoms with Crippen molar-refractivity contribution in [2.24, 2.45) is 0 Å². The lowest BCUT2D eigenvalue weighted by molar-refractivity contribution is 0.262. The number of hydrogen-bond acceptors (Lipinski definition) is 3. The molecule has 1 aromatic heterocycles. The Labute approximate surface area is 169 Å². The van der Waals surface area contributed by atoms with Crippen molar-refractivity contribution in [3.63, 3.8) is 0 Å². The van der Waals surface area contributed by atoms with Crippen LogP contribution in [0.3, 0.4) is 0 Å². The zero-order valence-electron chi connectivity index (χ0n) is 16.3. The maximum absolute atomic E-state index is 12.2. The van der Waals surface area contributed by atoms with Gasteiger partial charge in [-0.3, -0.25) is 0 Å². The number of rotatable bonds is 4. The maximum atomic E-state index is 12.2. The Kier molecular flexibility index (Phi) is 5.12. The molecule has 0 spiro atoms. The summed E-state index contributed by atoms with van der Waals surface area (Å²) in [6.07, 6.45) is 1.65. The molecule has 2 amide bonds.